The van der Waals surface area contributed by atoms with Gasteiger partial charge in [0.25, 0.3) is 5.92 Å². The van der Waals surface area contributed by atoms with Crippen molar-refractivity contribution in [2.75, 3.05) is 19.6 Å². The highest BCUT2D eigenvalue weighted by Crippen LogP contribution is 2.29. The third-order valence-corrected chi connectivity index (χ3v) is 2.53. The van der Waals surface area contributed by atoms with Gasteiger partial charge < -0.3 is 10.6 Å². The fourth-order valence-electron chi connectivity index (χ4n) is 1.46. The Kier molecular flexibility index (Phi) is 4.21. The number of hydrogen-bond acceptors (Lipinski definition) is 2. The number of nitrogens with one attached hydrogen (secondary N) is 2. The molecule has 86 valence electrons. The van der Waals surface area contributed by atoms with Crippen LogP contribution >= 0.6 is 15.9 Å². The van der Waals surface area contributed by atoms with E-state index in [1.165, 1.54) is 0 Å². The summed E-state index contributed by atoms with van der Waals surface area (Å²) in [5.41, 5.74) is 0. The quantitative estimate of drug-likeness (QED) is 0.818. The molecular formula is C9H13BrF2N2O. The van der Waals surface area contributed by atoms with E-state index >= 15 is 0 Å². The lowest BCUT2D eigenvalue weighted by molar-refractivity contribution is -0.142. The molecule has 0 spiro atoms. The maximum Gasteiger partial charge on any atom is 0.271 e. The van der Waals surface area contributed by atoms with Crippen LogP contribution in [0.3, 0.4) is 0 Å². The van der Waals surface area contributed by atoms with Gasteiger partial charge in [0.1, 0.15) is 5.92 Å². The van der Waals surface area contributed by atoms with E-state index in [4.69, 9.17) is 0 Å². The largest absolute Gasteiger partial charge is 0.351 e. The molecule has 6 heteroatoms. The summed E-state index contributed by atoms with van der Waals surface area (Å²) in [5.74, 6) is -4.80. The van der Waals surface area contributed by atoms with Crippen molar-refractivity contribution in [2.24, 2.45) is 5.92 Å². The predicted molar refractivity (Wildman–Crippen MR) is 57.0 cm³/mol. The van der Waals surface area contributed by atoms with Crippen molar-refractivity contribution < 1.29 is 13.6 Å². The van der Waals surface area contributed by atoms with Crippen LogP contribution in [0.5, 0.6) is 0 Å². The maximum absolute atomic E-state index is 13.3. The highest BCUT2D eigenvalue weighted by atomic mass is 79.9. The number of amides is 1. The van der Waals surface area contributed by atoms with Gasteiger partial charge in [-0.15, -0.1) is 0 Å². The molecule has 1 heterocycles. The van der Waals surface area contributed by atoms with Gasteiger partial charge in [-0.05, 0) is 13.0 Å². The molecule has 0 aromatic carbocycles. The summed E-state index contributed by atoms with van der Waals surface area (Å²) >= 11 is 3.05. The van der Waals surface area contributed by atoms with E-state index in [9.17, 15) is 13.6 Å². The van der Waals surface area contributed by atoms with Gasteiger partial charge in [-0.2, -0.15) is 0 Å². The van der Waals surface area contributed by atoms with Crippen LogP contribution in [0.25, 0.3) is 0 Å². The number of carbonyl (C=O) groups excluding carboxylic acids is 1. The van der Waals surface area contributed by atoms with Gasteiger partial charge in [0.15, 0.2) is 0 Å². The number of halogens is 3. The number of alkyl halides is 2. The zero-order valence-corrected chi connectivity index (χ0v) is 9.74. The van der Waals surface area contributed by atoms with Crippen molar-refractivity contribution in [3.05, 3.63) is 11.1 Å². The monoisotopic (exact) mass is 282 g/mol. The van der Waals surface area contributed by atoms with Gasteiger partial charge in [0, 0.05) is 11.0 Å². The molecule has 1 rings (SSSR count). The van der Waals surface area contributed by atoms with Crippen molar-refractivity contribution in [1.82, 2.24) is 10.6 Å². The third-order valence-electron chi connectivity index (χ3n) is 2.25. The van der Waals surface area contributed by atoms with Crippen LogP contribution in [0.1, 0.15) is 6.42 Å². The van der Waals surface area contributed by atoms with Crippen molar-refractivity contribution >= 4 is 21.8 Å². The van der Waals surface area contributed by atoms with Crippen LogP contribution in [0.4, 0.5) is 8.78 Å². The Morgan fingerprint density at radius 1 is 1.67 bits per heavy atom. The zero-order valence-electron chi connectivity index (χ0n) is 8.16. The van der Waals surface area contributed by atoms with Crippen LogP contribution in [0.15, 0.2) is 11.1 Å². The molecule has 0 saturated carbocycles. The Bertz CT molecular complexity index is 271. The summed E-state index contributed by atoms with van der Waals surface area (Å²) in [5, 5.41) is 4.98. The second kappa shape index (κ2) is 5.03. The standard InChI is InChI=1S/C9H13BrF2N2O/c1-6(10)4-14-8(15)7-2-3-13-5-9(7,11)12/h7,13H,1-5H2,(H,14,15). The van der Waals surface area contributed by atoms with E-state index < -0.39 is 24.3 Å². The van der Waals surface area contributed by atoms with Crippen LogP contribution in [-0.2, 0) is 4.79 Å². The van der Waals surface area contributed by atoms with Crippen molar-refractivity contribution in [2.45, 2.75) is 12.3 Å². The second-order valence-electron chi connectivity index (χ2n) is 3.51. The molecule has 1 fully saturated rings. The lowest BCUT2D eigenvalue weighted by Gasteiger charge is -2.30. The van der Waals surface area contributed by atoms with E-state index in [1.54, 1.807) is 0 Å². The Labute approximate surface area is 95.4 Å². The highest BCUT2D eigenvalue weighted by molar-refractivity contribution is 9.11. The van der Waals surface area contributed by atoms with Crippen molar-refractivity contribution in [3.63, 3.8) is 0 Å². The van der Waals surface area contributed by atoms with Crippen LogP contribution in [0.2, 0.25) is 0 Å². The average Bonchev–Trinajstić information content (AvgIpc) is 2.13. The average molecular weight is 283 g/mol. The zero-order chi connectivity index (χ0) is 11.5. The molecule has 2 N–H and O–H groups in total. The van der Waals surface area contributed by atoms with E-state index in [0.29, 0.717) is 11.0 Å². The molecule has 15 heavy (non-hydrogen) atoms. The lowest BCUT2D eigenvalue weighted by Crippen LogP contribution is -2.52. The van der Waals surface area contributed by atoms with Gasteiger partial charge >= 0.3 is 0 Å². The van der Waals surface area contributed by atoms with Crippen molar-refractivity contribution in [3.8, 4) is 0 Å². The van der Waals surface area contributed by atoms with E-state index in [0.717, 1.165) is 0 Å². The Balaban J connectivity index is 2.53. The van der Waals surface area contributed by atoms with Crippen molar-refractivity contribution in [1.29, 1.82) is 0 Å². The minimum Gasteiger partial charge on any atom is -0.351 e. The minimum absolute atomic E-state index is 0.160. The van der Waals surface area contributed by atoms with E-state index in [1.807, 2.05) is 0 Å². The number of rotatable bonds is 3. The molecule has 1 amide bonds. The molecule has 1 saturated heterocycles. The van der Waals surface area contributed by atoms with E-state index in [-0.39, 0.29) is 13.0 Å². The molecule has 1 aliphatic heterocycles. The molecular weight excluding hydrogens is 270 g/mol. The molecule has 0 radical (unpaired) electrons. The second-order valence-corrected chi connectivity index (χ2v) is 4.64. The summed E-state index contributed by atoms with van der Waals surface area (Å²) in [4.78, 5) is 11.4. The van der Waals surface area contributed by atoms with Gasteiger partial charge in [0.05, 0.1) is 6.54 Å². The Hall–Kier alpha value is -0.490. The molecule has 3 nitrogen and oxygen atoms in total. The molecule has 0 aliphatic carbocycles. The lowest BCUT2D eigenvalue weighted by atomic mass is 9.93. The third kappa shape index (κ3) is 3.53. The first-order chi connectivity index (χ1) is 6.93. The number of carbonyl (C=O) groups is 1. The fourth-order valence-corrected chi connectivity index (χ4v) is 1.61. The first-order valence-electron chi connectivity index (χ1n) is 4.63. The first-order valence-corrected chi connectivity index (χ1v) is 5.42. The summed E-state index contributed by atoms with van der Waals surface area (Å²) in [7, 11) is 0. The van der Waals surface area contributed by atoms with Crippen LogP contribution in [-0.4, -0.2) is 31.5 Å². The van der Waals surface area contributed by atoms with E-state index in [2.05, 4.69) is 33.1 Å². The van der Waals surface area contributed by atoms with Crippen LogP contribution in [0, 0.1) is 5.92 Å². The smallest absolute Gasteiger partial charge is 0.271 e. The Morgan fingerprint density at radius 3 is 2.87 bits per heavy atom. The normalized spacial score (nSPS) is 24.6. The van der Waals surface area contributed by atoms with Gasteiger partial charge in [-0.1, -0.05) is 22.5 Å². The fraction of sp³-hybridized carbons (Fsp3) is 0.667. The molecule has 0 bridgehead atoms. The summed E-state index contributed by atoms with van der Waals surface area (Å²) in [6.45, 7) is 3.71. The summed E-state index contributed by atoms with van der Waals surface area (Å²) in [6, 6.07) is 0. The topological polar surface area (TPSA) is 41.1 Å². The summed E-state index contributed by atoms with van der Waals surface area (Å²) in [6.07, 6.45) is 0.160. The summed E-state index contributed by atoms with van der Waals surface area (Å²) < 4.78 is 27.1. The number of piperidine rings is 1. The number of hydrogen-bond donors (Lipinski definition) is 2. The van der Waals surface area contributed by atoms with Gasteiger partial charge in [0.2, 0.25) is 5.91 Å². The SMILES string of the molecule is C=C(Br)CNC(=O)C1CCNCC1(F)F. The molecule has 1 unspecified atom stereocenters. The molecule has 0 aromatic rings. The Morgan fingerprint density at radius 2 is 2.33 bits per heavy atom. The highest BCUT2D eigenvalue weighted by Gasteiger charge is 2.45. The molecule has 1 atom stereocenters. The molecule has 0 aromatic heterocycles. The van der Waals surface area contributed by atoms with Crippen LogP contribution < -0.4 is 10.6 Å². The predicted octanol–water partition coefficient (Wildman–Crippen LogP) is 1.26. The van der Waals surface area contributed by atoms with Gasteiger partial charge in [-0.25, -0.2) is 8.78 Å². The minimum atomic E-state index is -2.96. The maximum atomic E-state index is 13.3. The molecule has 1 aliphatic rings. The van der Waals surface area contributed by atoms with Gasteiger partial charge in [-0.3, -0.25) is 4.79 Å². The first kappa shape index (κ1) is 12.6.